The second-order valence-electron chi connectivity index (χ2n) is 8.57. The molecule has 1 aromatic carbocycles. The Kier molecular flexibility index (Phi) is 4.67. The van der Waals surface area contributed by atoms with Gasteiger partial charge in [-0.2, -0.15) is 0 Å². The van der Waals surface area contributed by atoms with E-state index in [0.29, 0.717) is 25.2 Å². The van der Waals surface area contributed by atoms with Crippen LogP contribution in [0.15, 0.2) is 41.6 Å². The van der Waals surface area contributed by atoms with Crippen LogP contribution in [0.1, 0.15) is 35.3 Å². The SMILES string of the molecule is C[C@H]1COc2c(N3CCC(CN)(c4ccncc4)C3)c(F)cc3c(=O)c(C(=O)O)cn1c23. The number of carboxylic acid groups (broad SMARTS) is 1. The Hall–Kier alpha value is -3.46. The molecule has 0 aliphatic carbocycles. The van der Waals surface area contributed by atoms with Crippen molar-refractivity contribution in [3.05, 3.63) is 64.0 Å². The van der Waals surface area contributed by atoms with Crippen molar-refractivity contribution in [2.45, 2.75) is 24.8 Å². The van der Waals surface area contributed by atoms with E-state index in [1.54, 1.807) is 17.0 Å². The van der Waals surface area contributed by atoms with Crippen LogP contribution in [0.5, 0.6) is 5.75 Å². The summed E-state index contributed by atoms with van der Waals surface area (Å²) < 4.78 is 23.2. The van der Waals surface area contributed by atoms with E-state index in [2.05, 4.69) is 4.98 Å². The molecule has 166 valence electrons. The van der Waals surface area contributed by atoms with Crippen LogP contribution in [-0.2, 0) is 5.41 Å². The van der Waals surface area contributed by atoms with Gasteiger partial charge in [0.1, 0.15) is 17.9 Å². The van der Waals surface area contributed by atoms with Gasteiger partial charge in [-0.15, -0.1) is 0 Å². The van der Waals surface area contributed by atoms with Crippen LogP contribution in [0, 0.1) is 5.82 Å². The van der Waals surface area contributed by atoms with Crippen molar-refractivity contribution in [2.24, 2.45) is 5.73 Å². The highest BCUT2D eigenvalue weighted by Crippen LogP contribution is 2.45. The molecule has 32 heavy (non-hydrogen) atoms. The predicted octanol–water partition coefficient (Wildman–Crippen LogP) is 2.29. The van der Waals surface area contributed by atoms with Crippen molar-refractivity contribution in [3.63, 3.8) is 0 Å². The first-order valence-corrected chi connectivity index (χ1v) is 10.5. The molecular weight excluding hydrogens is 415 g/mol. The molecule has 1 unspecified atom stereocenters. The number of anilines is 1. The molecule has 0 amide bonds. The van der Waals surface area contributed by atoms with Crippen LogP contribution in [0.2, 0.25) is 0 Å². The minimum absolute atomic E-state index is 0.00567. The number of nitrogens with zero attached hydrogens (tertiary/aromatic N) is 3. The van der Waals surface area contributed by atoms with E-state index in [4.69, 9.17) is 10.5 Å². The average Bonchev–Trinajstić information content (AvgIpc) is 3.23. The topological polar surface area (TPSA) is 111 Å². The van der Waals surface area contributed by atoms with E-state index < -0.39 is 17.2 Å². The smallest absolute Gasteiger partial charge is 0.341 e. The monoisotopic (exact) mass is 438 g/mol. The van der Waals surface area contributed by atoms with Crippen LogP contribution in [-0.4, -0.2) is 46.9 Å². The number of hydrogen-bond donors (Lipinski definition) is 2. The molecular formula is C23H23FN4O4. The van der Waals surface area contributed by atoms with Gasteiger partial charge in [-0.05, 0) is 37.1 Å². The lowest BCUT2D eigenvalue weighted by Crippen LogP contribution is -2.38. The first-order chi connectivity index (χ1) is 15.4. The summed E-state index contributed by atoms with van der Waals surface area (Å²) >= 11 is 0. The fourth-order valence-corrected chi connectivity index (χ4v) is 4.95. The maximum Gasteiger partial charge on any atom is 0.341 e. The van der Waals surface area contributed by atoms with E-state index in [1.807, 2.05) is 24.0 Å². The lowest BCUT2D eigenvalue weighted by Gasteiger charge is -2.32. The Morgan fingerprint density at radius 3 is 2.84 bits per heavy atom. The van der Waals surface area contributed by atoms with Crippen LogP contribution >= 0.6 is 0 Å². The molecule has 3 N–H and O–H groups in total. The summed E-state index contributed by atoms with van der Waals surface area (Å²) in [5.74, 6) is -1.68. The standard InChI is InChI=1S/C23H23FN4O4/c1-13-10-32-21-18-15(20(29)16(22(30)31)9-28(13)18)8-17(24)19(21)27-7-4-23(11-25,12-27)14-2-5-26-6-3-14/h2-3,5-6,8-9,13H,4,7,10-12,25H2,1H3,(H,30,31)/t13-,23?/m0/s1. The molecule has 0 bridgehead atoms. The van der Waals surface area contributed by atoms with Crippen LogP contribution < -0.4 is 20.8 Å². The zero-order chi connectivity index (χ0) is 22.6. The lowest BCUT2D eigenvalue weighted by atomic mass is 9.80. The van der Waals surface area contributed by atoms with Crippen LogP contribution in [0.25, 0.3) is 10.9 Å². The minimum atomic E-state index is -1.34. The molecule has 3 aromatic rings. The van der Waals surface area contributed by atoms with Gasteiger partial charge in [-0.25, -0.2) is 9.18 Å². The third kappa shape index (κ3) is 2.88. The van der Waals surface area contributed by atoms with Crippen molar-refractivity contribution < 1.29 is 19.0 Å². The predicted molar refractivity (Wildman–Crippen MR) is 117 cm³/mol. The number of aromatic carboxylic acids is 1. The van der Waals surface area contributed by atoms with Crippen LogP contribution in [0.4, 0.5) is 10.1 Å². The third-order valence-corrected chi connectivity index (χ3v) is 6.73. The number of pyridine rings is 2. The number of aromatic nitrogens is 2. The highest BCUT2D eigenvalue weighted by Gasteiger charge is 2.41. The Labute approximate surface area is 183 Å². The van der Waals surface area contributed by atoms with Crippen molar-refractivity contribution in [1.82, 2.24) is 9.55 Å². The van der Waals surface area contributed by atoms with Crippen molar-refractivity contribution >= 4 is 22.6 Å². The molecule has 9 heteroatoms. The van der Waals surface area contributed by atoms with Crippen LogP contribution in [0.3, 0.4) is 0 Å². The Morgan fingerprint density at radius 1 is 1.41 bits per heavy atom. The molecule has 2 aromatic heterocycles. The number of carboxylic acids is 1. The Bertz CT molecular complexity index is 1290. The maximum atomic E-state index is 15.5. The zero-order valence-corrected chi connectivity index (χ0v) is 17.5. The summed E-state index contributed by atoms with van der Waals surface area (Å²) in [7, 11) is 0. The van der Waals surface area contributed by atoms with E-state index in [0.717, 1.165) is 18.1 Å². The molecule has 0 saturated carbocycles. The van der Waals surface area contributed by atoms with E-state index in [-0.39, 0.29) is 40.5 Å². The van der Waals surface area contributed by atoms with Gasteiger partial charge in [0.25, 0.3) is 0 Å². The second-order valence-corrected chi connectivity index (χ2v) is 8.57. The number of rotatable bonds is 4. The third-order valence-electron chi connectivity index (χ3n) is 6.73. The van der Waals surface area contributed by atoms with Crippen molar-refractivity contribution in [1.29, 1.82) is 0 Å². The van der Waals surface area contributed by atoms with Gasteiger partial charge in [0, 0.05) is 43.6 Å². The summed E-state index contributed by atoms with van der Waals surface area (Å²) in [6, 6.07) is 4.79. The number of halogens is 1. The van der Waals surface area contributed by atoms with E-state index in [1.165, 1.54) is 6.20 Å². The summed E-state index contributed by atoms with van der Waals surface area (Å²) in [5, 5.41) is 9.45. The molecule has 1 saturated heterocycles. The average molecular weight is 438 g/mol. The molecule has 0 spiro atoms. The number of ether oxygens (including phenoxy) is 1. The molecule has 0 radical (unpaired) electrons. The van der Waals surface area contributed by atoms with E-state index >= 15 is 4.39 Å². The quantitative estimate of drug-likeness (QED) is 0.643. The molecule has 4 heterocycles. The van der Waals surface area contributed by atoms with Gasteiger partial charge in [0.05, 0.1) is 16.9 Å². The highest BCUT2D eigenvalue weighted by atomic mass is 19.1. The fraction of sp³-hybridized carbons (Fsp3) is 0.348. The second kappa shape index (κ2) is 7.30. The number of hydrogen-bond acceptors (Lipinski definition) is 6. The normalized spacial score (nSPS) is 22.2. The van der Waals surface area contributed by atoms with Gasteiger partial charge >= 0.3 is 5.97 Å². The number of nitrogens with two attached hydrogens (primary N) is 1. The Balaban J connectivity index is 1.69. The molecule has 5 rings (SSSR count). The van der Waals surface area contributed by atoms with Gasteiger partial charge in [-0.1, -0.05) is 0 Å². The maximum absolute atomic E-state index is 15.5. The zero-order valence-electron chi connectivity index (χ0n) is 17.5. The fourth-order valence-electron chi connectivity index (χ4n) is 4.95. The highest BCUT2D eigenvalue weighted by molar-refractivity contribution is 5.97. The first kappa shape index (κ1) is 20.4. The molecule has 2 aliphatic rings. The van der Waals surface area contributed by atoms with Crippen molar-refractivity contribution in [3.8, 4) is 5.75 Å². The largest absolute Gasteiger partial charge is 0.487 e. The summed E-state index contributed by atoms with van der Waals surface area (Å²) in [4.78, 5) is 30.4. The minimum Gasteiger partial charge on any atom is -0.487 e. The van der Waals surface area contributed by atoms with Gasteiger partial charge in [-0.3, -0.25) is 9.78 Å². The van der Waals surface area contributed by atoms with Gasteiger partial charge in [0.2, 0.25) is 5.43 Å². The molecule has 2 atom stereocenters. The van der Waals surface area contributed by atoms with E-state index in [9.17, 15) is 14.7 Å². The van der Waals surface area contributed by atoms with Gasteiger partial charge in [0.15, 0.2) is 11.6 Å². The summed E-state index contributed by atoms with van der Waals surface area (Å²) in [6.07, 6.45) is 5.50. The number of carbonyl (C=O) groups is 1. The molecule has 8 nitrogen and oxygen atoms in total. The Morgan fingerprint density at radius 2 is 2.16 bits per heavy atom. The molecule has 2 aliphatic heterocycles. The first-order valence-electron chi connectivity index (χ1n) is 10.5. The number of benzene rings is 1. The summed E-state index contributed by atoms with van der Waals surface area (Å²) in [6.45, 7) is 3.54. The van der Waals surface area contributed by atoms with Gasteiger partial charge < -0.3 is 25.0 Å². The molecule has 1 fully saturated rings. The lowest BCUT2D eigenvalue weighted by molar-refractivity contribution is 0.0694. The van der Waals surface area contributed by atoms with Crippen molar-refractivity contribution in [2.75, 3.05) is 31.1 Å². The summed E-state index contributed by atoms with van der Waals surface area (Å²) in [5.41, 5.74) is 6.48.